The maximum Gasteiger partial charge on any atom is 0.192 e. The summed E-state index contributed by atoms with van der Waals surface area (Å²) in [6, 6.07) is 1.57. The molecule has 0 unspecified atom stereocenters. The predicted octanol–water partition coefficient (Wildman–Crippen LogP) is 1.70. The largest absolute Gasteiger partial charge is 0.364 e. The van der Waals surface area contributed by atoms with Crippen LogP contribution >= 0.6 is 0 Å². The molecule has 0 aliphatic heterocycles. The zero-order chi connectivity index (χ0) is 12.6. The second kappa shape index (κ2) is 3.84. The molecular formula is C12H16N4O. The summed E-state index contributed by atoms with van der Waals surface area (Å²) in [7, 11) is 0. The van der Waals surface area contributed by atoms with E-state index in [1.54, 1.807) is 18.6 Å². The van der Waals surface area contributed by atoms with Gasteiger partial charge in [0.1, 0.15) is 6.33 Å². The number of aromatic nitrogens is 4. The first-order valence-electron chi connectivity index (χ1n) is 5.50. The summed E-state index contributed by atoms with van der Waals surface area (Å²) in [6.45, 7) is 7.98. The summed E-state index contributed by atoms with van der Waals surface area (Å²) >= 11 is 0. The molecule has 0 aromatic carbocycles. The van der Waals surface area contributed by atoms with E-state index in [-0.39, 0.29) is 11.0 Å². The van der Waals surface area contributed by atoms with Gasteiger partial charge in [0.2, 0.25) is 0 Å². The van der Waals surface area contributed by atoms with E-state index in [4.69, 9.17) is 0 Å². The van der Waals surface area contributed by atoms with Crippen LogP contribution in [0.3, 0.4) is 0 Å². The highest BCUT2D eigenvalue weighted by Gasteiger charge is 2.20. The SMILES string of the molecule is Cc1cc(=O)c(-c2nncn2C(C)(C)C)c[nH]1. The maximum atomic E-state index is 11.9. The van der Waals surface area contributed by atoms with Crippen LogP contribution in [-0.2, 0) is 5.54 Å². The van der Waals surface area contributed by atoms with Gasteiger partial charge >= 0.3 is 0 Å². The molecule has 1 N–H and O–H groups in total. The van der Waals surface area contributed by atoms with Gasteiger partial charge in [0.25, 0.3) is 0 Å². The molecule has 0 atom stereocenters. The van der Waals surface area contributed by atoms with Crippen molar-refractivity contribution < 1.29 is 0 Å². The van der Waals surface area contributed by atoms with E-state index in [0.29, 0.717) is 11.4 Å². The first-order valence-corrected chi connectivity index (χ1v) is 5.50. The average Bonchev–Trinajstić information content (AvgIpc) is 2.65. The summed E-state index contributed by atoms with van der Waals surface area (Å²) in [5.74, 6) is 0.596. The van der Waals surface area contributed by atoms with Crippen LogP contribution in [0.5, 0.6) is 0 Å². The molecule has 0 fully saturated rings. The Morgan fingerprint density at radius 3 is 2.65 bits per heavy atom. The smallest absolute Gasteiger partial charge is 0.192 e. The average molecular weight is 232 g/mol. The molecule has 0 aliphatic rings. The molecule has 5 heteroatoms. The van der Waals surface area contributed by atoms with Crippen molar-refractivity contribution in [3.63, 3.8) is 0 Å². The highest BCUT2D eigenvalue weighted by molar-refractivity contribution is 5.53. The van der Waals surface area contributed by atoms with E-state index in [1.165, 1.54) is 0 Å². The van der Waals surface area contributed by atoms with Crippen LogP contribution in [-0.4, -0.2) is 19.7 Å². The fraction of sp³-hybridized carbons (Fsp3) is 0.417. The molecule has 0 aliphatic carbocycles. The fourth-order valence-corrected chi connectivity index (χ4v) is 1.66. The summed E-state index contributed by atoms with van der Waals surface area (Å²) in [4.78, 5) is 14.9. The molecule has 5 nitrogen and oxygen atoms in total. The summed E-state index contributed by atoms with van der Waals surface area (Å²) in [6.07, 6.45) is 3.33. The van der Waals surface area contributed by atoms with Gasteiger partial charge in [-0.15, -0.1) is 10.2 Å². The van der Waals surface area contributed by atoms with E-state index >= 15 is 0 Å². The highest BCUT2D eigenvalue weighted by atomic mass is 16.1. The number of hydrogen-bond acceptors (Lipinski definition) is 3. The lowest BCUT2D eigenvalue weighted by Gasteiger charge is -2.22. The third kappa shape index (κ3) is 2.13. The van der Waals surface area contributed by atoms with Crippen molar-refractivity contribution >= 4 is 0 Å². The van der Waals surface area contributed by atoms with Crippen molar-refractivity contribution in [1.29, 1.82) is 0 Å². The van der Waals surface area contributed by atoms with Gasteiger partial charge < -0.3 is 9.55 Å². The second-order valence-corrected chi connectivity index (χ2v) is 5.09. The van der Waals surface area contributed by atoms with Crippen LogP contribution in [0, 0.1) is 6.92 Å². The van der Waals surface area contributed by atoms with Gasteiger partial charge in [0.15, 0.2) is 11.3 Å². The molecule has 0 saturated heterocycles. The Morgan fingerprint density at radius 1 is 1.35 bits per heavy atom. The van der Waals surface area contributed by atoms with Crippen molar-refractivity contribution in [3.8, 4) is 11.4 Å². The topological polar surface area (TPSA) is 63.6 Å². The van der Waals surface area contributed by atoms with Gasteiger partial charge in [-0.3, -0.25) is 4.79 Å². The van der Waals surface area contributed by atoms with Crippen molar-refractivity contribution in [3.05, 3.63) is 34.5 Å². The van der Waals surface area contributed by atoms with Crippen molar-refractivity contribution in [2.75, 3.05) is 0 Å². The van der Waals surface area contributed by atoms with E-state index in [9.17, 15) is 4.79 Å². The Bertz CT molecular complexity index is 589. The van der Waals surface area contributed by atoms with Gasteiger partial charge in [-0.05, 0) is 27.7 Å². The van der Waals surface area contributed by atoms with Gasteiger partial charge in [-0.25, -0.2) is 0 Å². The molecule has 0 amide bonds. The van der Waals surface area contributed by atoms with E-state index in [0.717, 1.165) is 5.69 Å². The molecule has 2 aromatic heterocycles. The maximum absolute atomic E-state index is 11.9. The van der Waals surface area contributed by atoms with Crippen LogP contribution in [0.4, 0.5) is 0 Å². The number of aryl methyl sites for hydroxylation is 1. The minimum Gasteiger partial charge on any atom is -0.364 e. The van der Waals surface area contributed by atoms with E-state index in [1.807, 2.05) is 32.3 Å². The minimum absolute atomic E-state index is 0.0419. The summed E-state index contributed by atoms with van der Waals surface area (Å²) in [5.41, 5.74) is 1.18. The van der Waals surface area contributed by atoms with Crippen molar-refractivity contribution in [2.24, 2.45) is 0 Å². The molecule has 0 radical (unpaired) electrons. The number of hydrogen-bond donors (Lipinski definition) is 1. The number of aromatic amines is 1. The first kappa shape index (κ1) is 11.6. The molecule has 90 valence electrons. The summed E-state index contributed by atoms with van der Waals surface area (Å²) < 4.78 is 1.90. The normalized spacial score (nSPS) is 11.8. The number of rotatable bonds is 1. The van der Waals surface area contributed by atoms with Gasteiger partial charge in [0, 0.05) is 23.5 Å². The Kier molecular flexibility index (Phi) is 2.61. The van der Waals surface area contributed by atoms with Crippen LogP contribution in [0.2, 0.25) is 0 Å². The van der Waals surface area contributed by atoms with Crippen molar-refractivity contribution in [1.82, 2.24) is 19.7 Å². The molecular weight excluding hydrogens is 216 g/mol. The first-order chi connectivity index (χ1) is 7.89. The minimum atomic E-state index is -0.157. The second-order valence-electron chi connectivity index (χ2n) is 5.09. The highest BCUT2D eigenvalue weighted by Crippen LogP contribution is 2.20. The number of H-pyrrole nitrogens is 1. The molecule has 0 saturated carbocycles. The van der Waals surface area contributed by atoms with E-state index < -0.39 is 0 Å². The fourth-order valence-electron chi connectivity index (χ4n) is 1.66. The molecule has 0 spiro atoms. The van der Waals surface area contributed by atoms with Gasteiger partial charge in [0.05, 0.1) is 5.56 Å². The zero-order valence-electron chi connectivity index (χ0n) is 10.5. The van der Waals surface area contributed by atoms with E-state index in [2.05, 4.69) is 15.2 Å². The lowest BCUT2D eigenvalue weighted by molar-refractivity contribution is 0.399. The zero-order valence-corrected chi connectivity index (χ0v) is 10.5. The third-order valence-corrected chi connectivity index (χ3v) is 2.57. The van der Waals surface area contributed by atoms with Crippen LogP contribution in [0.25, 0.3) is 11.4 Å². The lowest BCUT2D eigenvalue weighted by atomic mass is 10.1. The predicted molar refractivity (Wildman–Crippen MR) is 65.8 cm³/mol. The lowest BCUT2D eigenvalue weighted by Crippen LogP contribution is -2.23. The Labute approximate surface area is 99.5 Å². The Hall–Kier alpha value is -1.91. The Morgan fingerprint density at radius 2 is 2.06 bits per heavy atom. The summed E-state index contributed by atoms with van der Waals surface area (Å²) in [5, 5.41) is 7.93. The standard InChI is InChI=1S/C12H16N4O/c1-8-5-10(17)9(6-13-8)11-15-14-7-16(11)12(2,3)4/h5-7H,1-4H3,(H,13,17). The van der Waals surface area contributed by atoms with Gasteiger partial charge in [-0.1, -0.05) is 0 Å². The van der Waals surface area contributed by atoms with Crippen LogP contribution in [0.1, 0.15) is 26.5 Å². The third-order valence-electron chi connectivity index (χ3n) is 2.57. The molecule has 17 heavy (non-hydrogen) atoms. The van der Waals surface area contributed by atoms with Crippen LogP contribution < -0.4 is 5.43 Å². The number of nitrogens with one attached hydrogen (secondary N) is 1. The monoisotopic (exact) mass is 232 g/mol. The molecule has 0 bridgehead atoms. The molecule has 2 aromatic rings. The number of nitrogens with zero attached hydrogens (tertiary/aromatic N) is 3. The molecule has 2 heterocycles. The Balaban J connectivity index is 2.62. The number of pyridine rings is 1. The quantitative estimate of drug-likeness (QED) is 0.813. The van der Waals surface area contributed by atoms with Crippen LogP contribution in [0.15, 0.2) is 23.4 Å². The van der Waals surface area contributed by atoms with Gasteiger partial charge in [-0.2, -0.15) is 0 Å². The molecule has 2 rings (SSSR count). The van der Waals surface area contributed by atoms with Crippen molar-refractivity contribution in [2.45, 2.75) is 33.2 Å².